The molecule has 2 rings (SSSR count). The quantitative estimate of drug-likeness (QED) is 0.733. The number of hydrogen-bond acceptors (Lipinski definition) is 2. The summed E-state index contributed by atoms with van der Waals surface area (Å²) in [5.41, 5.74) is 0. The number of hydrogen-bond donors (Lipinski definition) is 1. The lowest BCUT2D eigenvalue weighted by Crippen LogP contribution is -1.84. The van der Waals surface area contributed by atoms with Crippen LogP contribution in [0, 0.1) is 0 Å². The van der Waals surface area contributed by atoms with E-state index in [4.69, 9.17) is 5.11 Å². The molecule has 1 heterocycles. The van der Waals surface area contributed by atoms with Crippen LogP contribution < -0.4 is 0 Å². The maximum absolute atomic E-state index is 8.69. The van der Waals surface area contributed by atoms with E-state index in [1.807, 2.05) is 11.3 Å². The molecule has 0 saturated heterocycles. The second-order valence-corrected chi connectivity index (χ2v) is 4.25. The molecule has 1 aliphatic rings. The zero-order valence-corrected chi connectivity index (χ0v) is 7.23. The molecular weight excluding hydrogens is 156 g/mol. The fourth-order valence-electron chi connectivity index (χ4n) is 1.23. The summed E-state index contributed by atoms with van der Waals surface area (Å²) >= 11 is 1.87. The van der Waals surface area contributed by atoms with Crippen molar-refractivity contribution >= 4 is 11.3 Å². The van der Waals surface area contributed by atoms with Gasteiger partial charge in [0.1, 0.15) is 0 Å². The third-order valence-electron chi connectivity index (χ3n) is 2.02. The molecule has 1 fully saturated rings. The summed E-state index contributed by atoms with van der Waals surface area (Å²) in [6.07, 6.45) is 3.58. The Labute approximate surface area is 70.7 Å². The van der Waals surface area contributed by atoms with E-state index in [1.54, 1.807) is 0 Å². The predicted molar refractivity (Wildman–Crippen MR) is 47.1 cm³/mol. The molecule has 0 amide bonds. The van der Waals surface area contributed by atoms with Crippen LogP contribution in [-0.4, -0.2) is 11.7 Å². The third kappa shape index (κ3) is 1.63. The summed E-state index contributed by atoms with van der Waals surface area (Å²) < 4.78 is 0. The smallest absolute Gasteiger partial charge is 0.0479 e. The van der Waals surface area contributed by atoms with Gasteiger partial charge in [0.2, 0.25) is 0 Å². The fourth-order valence-corrected chi connectivity index (χ4v) is 2.40. The van der Waals surface area contributed by atoms with Crippen LogP contribution >= 0.6 is 11.3 Å². The lowest BCUT2D eigenvalue weighted by molar-refractivity contribution is 0.300. The van der Waals surface area contributed by atoms with Crippen molar-refractivity contribution in [2.45, 2.75) is 25.2 Å². The van der Waals surface area contributed by atoms with E-state index in [1.165, 1.54) is 22.6 Å². The van der Waals surface area contributed by atoms with Gasteiger partial charge in [-0.15, -0.1) is 11.3 Å². The zero-order chi connectivity index (χ0) is 7.68. The Hall–Kier alpha value is -0.340. The Morgan fingerprint density at radius 3 is 2.91 bits per heavy atom. The normalized spacial score (nSPS) is 17.2. The van der Waals surface area contributed by atoms with Gasteiger partial charge in [-0.05, 0) is 30.9 Å². The van der Waals surface area contributed by atoms with E-state index in [9.17, 15) is 0 Å². The van der Waals surface area contributed by atoms with Crippen LogP contribution in [-0.2, 0) is 6.42 Å². The van der Waals surface area contributed by atoms with Gasteiger partial charge in [0.25, 0.3) is 0 Å². The van der Waals surface area contributed by atoms with Crippen molar-refractivity contribution in [3.05, 3.63) is 21.9 Å². The van der Waals surface area contributed by atoms with E-state index in [0.29, 0.717) is 0 Å². The molecule has 1 saturated carbocycles. The predicted octanol–water partition coefficient (Wildman–Crippen LogP) is 2.16. The van der Waals surface area contributed by atoms with Crippen molar-refractivity contribution in [2.75, 3.05) is 6.61 Å². The summed E-state index contributed by atoms with van der Waals surface area (Å²) in [5.74, 6) is 0.868. The second kappa shape index (κ2) is 2.95. The van der Waals surface area contributed by atoms with Crippen molar-refractivity contribution in [3.63, 3.8) is 0 Å². The first kappa shape index (κ1) is 7.32. The lowest BCUT2D eigenvalue weighted by Gasteiger charge is -1.89. The van der Waals surface area contributed by atoms with E-state index in [-0.39, 0.29) is 6.61 Å². The average Bonchev–Trinajstić information content (AvgIpc) is 2.75. The molecule has 0 spiro atoms. The number of aliphatic hydroxyl groups is 1. The van der Waals surface area contributed by atoms with Crippen LogP contribution in [0.2, 0.25) is 0 Å². The van der Waals surface area contributed by atoms with E-state index < -0.39 is 0 Å². The van der Waals surface area contributed by atoms with Gasteiger partial charge >= 0.3 is 0 Å². The van der Waals surface area contributed by atoms with Gasteiger partial charge in [0, 0.05) is 22.8 Å². The van der Waals surface area contributed by atoms with Crippen molar-refractivity contribution in [1.29, 1.82) is 0 Å². The molecule has 1 aromatic heterocycles. The minimum Gasteiger partial charge on any atom is -0.396 e. The maximum Gasteiger partial charge on any atom is 0.0479 e. The zero-order valence-electron chi connectivity index (χ0n) is 6.42. The van der Waals surface area contributed by atoms with E-state index in [0.717, 1.165) is 12.3 Å². The highest BCUT2D eigenvalue weighted by atomic mass is 32.1. The van der Waals surface area contributed by atoms with Crippen molar-refractivity contribution < 1.29 is 5.11 Å². The number of aliphatic hydroxyl groups excluding tert-OH is 1. The highest BCUT2D eigenvalue weighted by Crippen LogP contribution is 2.43. The Bertz CT molecular complexity index is 237. The standard InChI is InChI=1S/C9H12OS/c10-6-5-8-3-4-9(11-8)7-1-2-7/h3-4,7,10H,1-2,5-6H2. The number of rotatable bonds is 3. The minimum atomic E-state index is 0.282. The summed E-state index contributed by atoms with van der Waals surface area (Å²) in [6.45, 7) is 0.282. The first-order chi connectivity index (χ1) is 5.40. The molecule has 1 N–H and O–H groups in total. The van der Waals surface area contributed by atoms with Crippen molar-refractivity contribution in [3.8, 4) is 0 Å². The number of thiophene rings is 1. The summed E-state index contributed by atoms with van der Waals surface area (Å²) in [6, 6.07) is 4.36. The first-order valence-electron chi connectivity index (χ1n) is 4.09. The van der Waals surface area contributed by atoms with Crippen LogP contribution in [0.5, 0.6) is 0 Å². The molecular formula is C9H12OS. The monoisotopic (exact) mass is 168 g/mol. The van der Waals surface area contributed by atoms with Crippen LogP contribution in [0.1, 0.15) is 28.5 Å². The molecule has 1 nitrogen and oxygen atoms in total. The van der Waals surface area contributed by atoms with Gasteiger partial charge < -0.3 is 5.11 Å². The van der Waals surface area contributed by atoms with E-state index >= 15 is 0 Å². The van der Waals surface area contributed by atoms with Crippen LogP contribution in [0.3, 0.4) is 0 Å². The molecule has 1 aromatic rings. The van der Waals surface area contributed by atoms with E-state index in [2.05, 4.69) is 12.1 Å². The van der Waals surface area contributed by atoms with Gasteiger partial charge in [-0.1, -0.05) is 0 Å². The maximum atomic E-state index is 8.69. The molecule has 11 heavy (non-hydrogen) atoms. The summed E-state index contributed by atoms with van der Waals surface area (Å²) in [5, 5.41) is 8.69. The molecule has 1 aliphatic carbocycles. The molecule has 2 heteroatoms. The molecule has 0 unspecified atom stereocenters. The molecule has 0 bridgehead atoms. The molecule has 60 valence electrons. The van der Waals surface area contributed by atoms with Gasteiger partial charge in [-0.25, -0.2) is 0 Å². The first-order valence-corrected chi connectivity index (χ1v) is 4.91. The Morgan fingerprint density at radius 1 is 1.45 bits per heavy atom. The lowest BCUT2D eigenvalue weighted by atomic mass is 10.3. The Kier molecular flexibility index (Phi) is 1.96. The second-order valence-electron chi connectivity index (χ2n) is 3.05. The SMILES string of the molecule is OCCc1ccc(C2CC2)s1. The Balaban J connectivity index is 2.06. The van der Waals surface area contributed by atoms with Gasteiger partial charge in [0.05, 0.1) is 0 Å². The van der Waals surface area contributed by atoms with Gasteiger partial charge in [-0.3, -0.25) is 0 Å². The van der Waals surface area contributed by atoms with Crippen molar-refractivity contribution in [2.24, 2.45) is 0 Å². The highest BCUT2D eigenvalue weighted by molar-refractivity contribution is 7.12. The van der Waals surface area contributed by atoms with Crippen molar-refractivity contribution in [1.82, 2.24) is 0 Å². The largest absolute Gasteiger partial charge is 0.396 e. The van der Waals surface area contributed by atoms with Crippen LogP contribution in [0.4, 0.5) is 0 Å². The molecule has 0 aliphatic heterocycles. The van der Waals surface area contributed by atoms with Crippen LogP contribution in [0.15, 0.2) is 12.1 Å². The average molecular weight is 168 g/mol. The molecule has 0 radical (unpaired) electrons. The Morgan fingerprint density at radius 2 is 2.27 bits per heavy atom. The van der Waals surface area contributed by atoms with Gasteiger partial charge in [-0.2, -0.15) is 0 Å². The highest BCUT2D eigenvalue weighted by Gasteiger charge is 2.24. The van der Waals surface area contributed by atoms with Crippen LogP contribution in [0.25, 0.3) is 0 Å². The third-order valence-corrected chi connectivity index (χ3v) is 3.33. The minimum absolute atomic E-state index is 0.282. The molecule has 0 aromatic carbocycles. The summed E-state index contributed by atoms with van der Waals surface area (Å²) in [4.78, 5) is 2.85. The molecule has 0 atom stereocenters. The topological polar surface area (TPSA) is 20.2 Å². The summed E-state index contributed by atoms with van der Waals surface area (Å²) in [7, 11) is 0. The fraction of sp³-hybridized carbons (Fsp3) is 0.556. The van der Waals surface area contributed by atoms with Gasteiger partial charge in [0.15, 0.2) is 0 Å².